The number of carbonyl (C=O) groups is 1. The Bertz CT molecular complexity index is 1270. The Labute approximate surface area is 232 Å². The maximum atomic E-state index is 13.2. The van der Waals surface area contributed by atoms with Crippen molar-refractivity contribution >= 4 is 29.3 Å². The molecular formula is C28H36ClN3O5S. The second-order valence-electron chi connectivity index (χ2n) is 10.8. The molecule has 1 aromatic carbocycles. The molecule has 3 N–H and O–H groups in total. The standard InChI is InChI=1S/C28H36ClN3O5S/c1-15-9-23(38-4)21(27(34)32-15)12-31-26(33)20-10-22(29)25-24(16(20)2)36-28(3,37-25)18-7-5-17(6-8-18)11-30-19-13-35-14-19/h9-10,17-19,30H,5-8,11-14H2,1-4H3,(H,31,33)(H,32,34)/t17-,18+,28?. The van der Waals surface area contributed by atoms with E-state index in [1.807, 2.05) is 33.1 Å². The number of rotatable bonds is 8. The van der Waals surface area contributed by atoms with Crippen LogP contribution in [-0.4, -0.2) is 48.7 Å². The zero-order valence-electron chi connectivity index (χ0n) is 22.4. The molecule has 1 saturated heterocycles. The number of nitrogens with one attached hydrogen (secondary N) is 3. The highest BCUT2D eigenvalue weighted by atomic mass is 35.5. The van der Waals surface area contributed by atoms with Crippen LogP contribution in [0.2, 0.25) is 5.02 Å². The number of hydrogen-bond donors (Lipinski definition) is 3. The average molecular weight is 562 g/mol. The van der Waals surface area contributed by atoms with Crippen molar-refractivity contribution in [1.29, 1.82) is 0 Å². The molecule has 1 atom stereocenters. The predicted molar refractivity (Wildman–Crippen MR) is 149 cm³/mol. The molecule has 0 spiro atoms. The summed E-state index contributed by atoms with van der Waals surface area (Å²) in [6, 6.07) is 4.04. The maximum Gasteiger partial charge on any atom is 0.254 e. The van der Waals surface area contributed by atoms with Crippen molar-refractivity contribution in [3.63, 3.8) is 0 Å². The summed E-state index contributed by atoms with van der Waals surface area (Å²) < 4.78 is 18.1. The summed E-state index contributed by atoms with van der Waals surface area (Å²) in [7, 11) is 0. The van der Waals surface area contributed by atoms with Gasteiger partial charge in [-0.2, -0.15) is 0 Å². The summed E-state index contributed by atoms with van der Waals surface area (Å²) in [6.45, 7) is 8.43. The van der Waals surface area contributed by atoms with Crippen LogP contribution in [0.5, 0.6) is 11.5 Å². The number of fused-ring (bicyclic) bond motifs is 1. The maximum absolute atomic E-state index is 13.2. The van der Waals surface area contributed by atoms with Gasteiger partial charge >= 0.3 is 0 Å². The van der Waals surface area contributed by atoms with Gasteiger partial charge in [-0.1, -0.05) is 11.6 Å². The molecule has 1 aliphatic carbocycles. The number of carbonyl (C=O) groups excluding carboxylic acids is 1. The van der Waals surface area contributed by atoms with Gasteiger partial charge in [-0.15, -0.1) is 11.8 Å². The fraction of sp³-hybridized carbons (Fsp3) is 0.571. The molecule has 1 aromatic heterocycles. The van der Waals surface area contributed by atoms with Gasteiger partial charge < -0.3 is 29.8 Å². The van der Waals surface area contributed by atoms with Gasteiger partial charge in [-0.3, -0.25) is 9.59 Å². The molecule has 10 heteroatoms. The lowest BCUT2D eigenvalue weighted by Crippen LogP contribution is -2.49. The molecule has 5 rings (SSSR count). The number of pyridine rings is 1. The number of hydrogen-bond acceptors (Lipinski definition) is 7. The van der Waals surface area contributed by atoms with Crippen molar-refractivity contribution in [2.24, 2.45) is 11.8 Å². The third-order valence-corrected chi connectivity index (χ3v) is 9.17. The van der Waals surface area contributed by atoms with Gasteiger partial charge in [0.25, 0.3) is 17.3 Å². The van der Waals surface area contributed by atoms with E-state index in [-0.39, 0.29) is 23.9 Å². The van der Waals surface area contributed by atoms with Gasteiger partial charge in [0.05, 0.1) is 24.3 Å². The van der Waals surface area contributed by atoms with Crippen LogP contribution in [0.4, 0.5) is 0 Å². The highest BCUT2D eigenvalue weighted by Gasteiger charge is 2.47. The van der Waals surface area contributed by atoms with Crippen LogP contribution in [-0.2, 0) is 11.3 Å². The minimum atomic E-state index is -0.825. The van der Waals surface area contributed by atoms with E-state index in [4.69, 9.17) is 25.8 Å². The van der Waals surface area contributed by atoms with Crippen LogP contribution < -0.4 is 25.7 Å². The zero-order chi connectivity index (χ0) is 27.0. The van der Waals surface area contributed by atoms with Crippen molar-refractivity contribution in [3.8, 4) is 11.5 Å². The van der Waals surface area contributed by atoms with E-state index < -0.39 is 5.79 Å². The molecular weight excluding hydrogens is 526 g/mol. The van der Waals surface area contributed by atoms with E-state index in [9.17, 15) is 9.59 Å². The molecule has 38 heavy (non-hydrogen) atoms. The molecule has 0 radical (unpaired) electrons. The number of halogens is 1. The minimum absolute atomic E-state index is 0.111. The van der Waals surface area contributed by atoms with E-state index in [1.165, 1.54) is 11.8 Å². The second kappa shape index (κ2) is 11.1. The van der Waals surface area contributed by atoms with E-state index in [0.29, 0.717) is 45.2 Å². The number of H-pyrrole nitrogens is 1. The third-order valence-electron chi connectivity index (χ3n) is 8.09. The molecule has 1 unspecified atom stereocenters. The van der Waals surface area contributed by atoms with Gasteiger partial charge in [0.15, 0.2) is 11.5 Å². The fourth-order valence-electron chi connectivity index (χ4n) is 5.63. The first-order valence-electron chi connectivity index (χ1n) is 13.3. The minimum Gasteiger partial charge on any atom is -0.448 e. The Morgan fingerprint density at radius 2 is 1.87 bits per heavy atom. The molecule has 0 bridgehead atoms. The van der Waals surface area contributed by atoms with Crippen LogP contribution in [0.1, 0.15) is 59.8 Å². The van der Waals surface area contributed by atoms with Gasteiger partial charge in [0.1, 0.15) is 0 Å². The highest BCUT2D eigenvalue weighted by Crippen LogP contribution is 2.51. The summed E-state index contributed by atoms with van der Waals surface area (Å²) in [5.74, 6) is 0.750. The molecule has 2 aliphatic heterocycles. The second-order valence-corrected chi connectivity index (χ2v) is 12.0. The quantitative estimate of drug-likeness (QED) is 0.405. The van der Waals surface area contributed by atoms with Crippen LogP contribution in [0, 0.1) is 25.7 Å². The summed E-state index contributed by atoms with van der Waals surface area (Å²) in [5, 5.41) is 6.83. The van der Waals surface area contributed by atoms with Crippen LogP contribution >= 0.6 is 23.4 Å². The first kappa shape index (κ1) is 27.4. The number of amides is 1. The summed E-state index contributed by atoms with van der Waals surface area (Å²) >= 11 is 8.09. The third kappa shape index (κ3) is 5.43. The van der Waals surface area contributed by atoms with Gasteiger partial charge in [0, 0.05) is 46.7 Å². The first-order chi connectivity index (χ1) is 18.2. The normalized spacial score (nSPS) is 24.8. The monoisotopic (exact) mass is 561 g/mol. The lowest BCUT2D eigenvalue weighted by atomic mass is 9.78. The number of aromatic amines is 1. The SMILES string of the molecule is CSc1cc(C)[nH]c(=O)c1CNC(=O)c1cc(Cl)c2c(c1C)OC(C)([C@H]1CC[C@@H](CNC3COC3)CC1)O2. The Morgan fingerprint density at radius 1 is 1.16 bits per heavy atom. The van der Waals surface area contributed by atoms with E-state index in [1.54, 1.807) is 6.07 Å². The van der Waals surface area contributed by atoms with Crippen molar-refractivity contribution in [2.45, 2.75) is 69.7 Å². The Hall–Kier alpha value is -2.20. The molecule has 2 aromatic rings. The molecule has 2 fully saturated rings. The zero-order valence-corrected chi connectivity index (χ0v) is 23.9. The highest BCUT2D eigenvalue weighted by molar-refractivity contribution is 7.98. The number of benzene rings is 1. The van der Waals surface area contributed by atoms with Gasteiger partial charge in [0.2, 0.25) is 0 Å². The lowest BCUT2D eigenvalue weighted by molar-refractivity contribution is -0.123. The molecule has 206 valence electrons. The number of aryl methyl sites for hydroxylation is 1. The Balaban J connectivity index is 1.25. The smallest absolute Gasteiger partial charge is 0.254 e. The van der Waals surface area contributed by atoms with Crippen LogP contribution in [0.3, 0.4) is 0 Å². The Morgan fingerprint density at radius 3 is 2.53 bits per heavy atom. The van der Waals surface area contributed by atoms with Crippen LogP contribution in [0.15, 0.2) is 21.8 Å². The van der Waals surface area contributed by atoms with E-state index >= 15 is 0 Å². The topological polar surface area (TPSA) is 102 Å². The van der Waals surface area contributed by atoms with Crippen molar-refractivity contribution < 1.29 is 19.0 Å². The van der Waals surface area contributed by atoms with Crippen LogP contribution in [0.25, 0.3) is 0 Å². The predicted octanol–water partition coefficient (Wildman–Crippen LogP) is 4.58. The first-order valence-corrected chi connectivity index (χ1v) is 14.9. The van der Waals surface area contributed by atoms with Gasteiger partial charge in [-0.05, 0) is 70.4 Å². The largest absolute Gasteiger partial charge is 0.448 e. The van der Waals surface area contributed by atoms with Gasteiger partial charge in [-0.25, -0.2) is 0 Å². The molecule has 3 aliphatic rings. The lowest BCUT2D eigenvalue weighted by Gasteiger charge is -2.38. The summed E-state index contributed by atoms with van der Waals surface area (Å²) in [4.78, 5) is 29.3. The average Bonchev–Trinajstić information content (AvgIpc) is 3.24. The number of aromatic nitrogens is 1. The molecule has 8 nitrogen and oxygen atoms in total. The number of ether oxygens (including phenoxy) is 3. The molecule has 1 saturated carbocycles. The molecule has 3 heterocycles. The summed E-state index contributed by atoms with van der Waals surface area (Å²) in [5.41, 5.74) is 2.19. The fourth-order valence-corrected chi connectivity index (χ4v) is 6.57. The van der Waals surface area contributed by atoms with Crippen molar-refractivity contribution in [3.05, 3.63) is 49.9 Å². The van der Waals surface area contributed by atoms with Crippen molar-refractivity contribution in [2.75, 3.05) is 26.0 Å². The van der Waals surface area contributed by atoms with Crippen molar-refractivity contribution in [1.82, 2.24) is 15.6 Å². The van der Waals surface area contributed by atoms with E-state index in [0.717, 1.165) is 56.0 Å². The number of thioether (sulfide) groups is 1. The summed E-state index contributed by atoms with van der Waals surface area (Å²) in [6.07, 6.45) is 6.14. The van der Waals surface area contributed by atoms with E-state index in [2.05, 4.69) is 15.6 Å². The Kier molecular flexibility index (Phi) is 8.01. The molecule has 1 amide bonds.